The molecule has 16 heavy (non-hydrogen) atoms. The smallest absolute Gasteiger partial charge is 0.157 e. The Morgan fingerprint density at radius 2 is 2.25 bits per heavy atom. The Balaban J connectivity index is 2.52. The monoisotopic (exact) mass is 220 g/mol. The summed E-state index contributed by atoms with van der Waals surface area (Å²) in [5.41, 5.74) is 1.98. The van der Waals surface area contributed by atoms with Gasteiger partial charge in [0.1, 0.15) is 12.1 Å². The summed E-state index contributed by atoms with van der Waals surface area (Å²) in [5, 5.41) is 13.2. The van der Waals surface area contributed by atoms with Gasteiger partial charge in [-0.1, -0.05) is 0 Å². The number of hydrogen-bond acceptors (Lipinski definition) is 4. The maximum atomic E-state index is 9.03. The number of rotatable bonds is 4. The first-order chi connectivity index (χ1) is 7.76. The summed E-state index contributed by atoms with van der Waals surface area (Å²) >= 11 is 0. The minimum absolute atomic E-state index is 0.137. The number of aliphatic hydroxyl groups excluding tert-OH is 1. The molecule has 5 heteroatoms. The number of fused-ring (bicyclic) bond motifs is 1. The molecule has 0 aliphatic carbocycles. The van der Waals surface area contributed by atoms with Crippen LogP contribution in [0.15, 0.2) is 18.5 Å². The van der Waals surface area contributed by atoms with E-state index < -0.39 is 0 Å². The van der Waals surface area contributed by atoms with E-state index in [1.165, 1.54) is 0 Å². The maximum Gasteiger partial charge on any atom is 0.157 e. The largest absolute Gasteiger partial charge is 0.395 e. The number of anilines is 1. The van der Waals surface area contributed by atoms with E-state index in [4.69, 9.17) is 5.11 Å². The number of hydrogen-bond donors (Lipinski definition) is 1. The lowest BCUT2D eigenvalue weighted by molar-refractivity contribution is 0.302. The van der Waals surface area contributed by atoms with E-state index in [1.807, 2.05) is 13.0 Å². The quantitative estimate of drug-likeness (QED) is 0.830. The second-order valence-corrected chi connectivity index (χ2v) is 3.72. The fourth-order valence-electron chi connectivity index (χ4n) is 1.82. The molecule has 0 saturated heterocycles. The highest BCUT2D eigenvalue weighted by atomic mass is 16.3. The summed E-state index contributed by atoms with van der Waals surface area (Å²) in [6.07, 6.45) is 1.55. The van der Waals surface area contributed by atoms with E-state index in [0.29, 0.717) is 6.54 Å². The number of aryl methyl sites for hydroxylation is 1. The van der Waals surface area contributed by atoms with Crippen LogP contribution in [0.2, 0.25) is 0 Å². The first-order valence-electron chi connectivity index (χ1n) is 5.42. The van der Waals surface area contributed by atoms with E-state index in [0.717, 1.165) is 23.6 Å². The molecule has 0 aromatic carbocycles. The first kappa shape index (κ1) is 10.9. The van der Waals surface area contributed by atoms with Gasteiger partial charge in [-0.05, 0) is 31.5 Å². The van der Waals surface area contributed by atoms with E-state index in [9.17, 15) is 0 Å². The summed E-state index contributed by atoms with van der Waals surface area (Å²) in [4.78, 5) is 6.26. The zero-order valence-corrected chi connectivity index (χ0v) is 9.59. The van der Waals surface area contributed by atoms with Crippen LogP contribution in [0.3, 0.4) is 0 Å². The van der Waals surface area contributed by atoms with Crippen molar-refractivity contribution in [3.05, 3.63) is 24.0 Å². The molecule has 2 aromatic heterocycles. The Morgan fingerprint density at radius 1 is 1.44 bits per heavy atom. The number of aliphatic hydroxyl groups is 1. The normalized spacial score (nSPS) is 10.9. The molecule has 0 atom stereocenters. The van der Waals surface area contributed by atoms with Gasteiger partial charge in [0.15, 0.2) is 5.65 Å². The maximum absolute atomic E-state index is 9.03. The minimum atomic E-state index is 0.137. The lowest BCUT2D eigenvalue weighted by Crippen LogP contribution is -2.28. The van der Waals surface area contributed by atoms with E-state index in [2.05, 4.69) is 28.0 Å². The third-order valence-corrected chi connectivity index (χ3v) is 2.58. The van der Waals surface area contributed by atoms with Crippen molar-refractivity contribution < 1.29 is 5.11 Å². The highest BCUT2D eigenvalue weighted by molar-refractivity contribution is 5.52. The van der Waals surface area contributed by atoms with Crippen LogP contribution in [-0.4, -0.2) is 39.4 Å². The van der Waals surface area contributed by atoms with Crippen molar-refractivity contribution in [2.24, 2.45) is 0 Å². The molecule has 5 nitrogen and oxygen atoms in total. The Labute approximate surface area is 94.3 Å². The van der Waals surface area contributed by atoms with Gasteiger partial charge in [-0.25, -0.2) is 4.98 Å². The molecule has 2 aromatic rings. The van der Waals surface area contributed by atoms with Crippen molar-refractivity contribution in [1.29, 1.82) is 0 Å². The first-order valence-corrected chi connectivity index (χ1v) is 5.42. The summed E-state index contributed by atoms with van der Waals surface area (Å²) < 4.78 is 1.80. The molecule has 1 N–H and O–H groups in total. The Morgan fingerprint density at radius 3 is 2.94 bits per heavy atom. The fourth-order valence-corrected chi connectivity index (χ4v) is 1.82. The van der Waals surface area contributed by atoms with Crippen molar-refractivity contribution in [2.75, 3.05) is 24.6 Å². The van der Waals surface area contributed by atoms with Gasteiger partial charge in [0.05, 0.1) is 6.61 Å². The Hall–Kier alpha value is -1.62. The SMILES string of the molecule is CCN(CCO)c1cc(C)cc2ncnn12. The van der Waals surface area contributed by atoms with Crippen molar-refractivity contribution in [1.82, 2.24) is 14.6 Å². The summed E-state index contributed by atoms with van der Waals surface area (Å²) in [6, 6.07) is 4.05. The predicted octanol–water partition coefficient (Wildman–Crippen LogP) is 0.856. The molecule has 0 spiro atoms. The summed E-state index contributed by atoms with van der Waals surface area (Å²) in [7, 11) is 0. The average molecular weight is 220 g/mol. The van der Waals surface area contributed by atoms with Crippen LogP contribution in [-0.2, 0) is 0 Å². The van der Waals surface area contributed by atoms with Gasteiger partial charge in [0.2, 0.25) is 0 Å². The van der Waals surface area contributed by atoms with Crippen molar-refractivity contribution in [2.45, 2.75) is 13.8 Å². The molecule has 2 heterocycles. The van der Waals surface area contributed by atoms with E-state index >= 15 is 0 Å². The van der Waals surface area contributed by atoms with Gasteiger partial charge in [-0.3, -0.25) is 0 Å². The van der Waals surface area contributed by atoms with Crippen LogP contribution in [0.25, 0.3) is 5.65 Å². The highest BCUT2D eigenvalue weighted by Crippen LogP contribution is 2.17. The minimum Gasteiger partial charge on any atom is -0.395 e. The van der Waals surface area contributed by atoms with Crippen LogP contribution < -0.4 is 4.90 Å². The molecule has 86 valence electrons. The van der Waals surface area contributed by atoms with Crippen LogP contribution in [0, 0.1) is 6.92 Å². The second-order valence-electron chi connectivity index (χ2n) is 3.72. The third-order valence-electron chi connectivity index (χ3n) is 2.58. The highest BCUT2D eigenvalue weighted by Gasteiger charge is 2.10. The molecule has 0 aliphatic rings. The molecule has 0 amide bonds. The fraction of sp³-hybridized carbons (Fsp3) is 0.455. The molecule has 2 rings (SSSR count). The van der Waals surface area contributed by atoms with Gasteiger partial charge < -0.3 is 10.0 Å². The Kier molecular flexibility index (Phi) is 3.05. The van der Waals surface area contributed by atoms with Gasteiger partial charge in [0.25, 0.3) is 0 Å². The molecule has 0 radical (unpaired) electrons. The zero-order chi connectivity index (χ0) is 11.5. The number of likely N-dealkylation sites (N-methyl/N-ethyl adjacent to an activating group) is 1. The molecule has 0 fully saturated rings. The van der Waals surface area contributed by atoms with Crippen molar-refractivity contribution in [3.63, 3.8) is 0 Å². The number of nitrogens with zero attached hydrogens (tertiary/aromatic N) is 4. The summed E-state index contributed by atoms with van der Waals surface area (Å²) in [5.74, 6) is 0.976. The van der Waals surface area contributed by atoms with Gasteiger partial charge >= 0.3 is 0 Å². The second kappa shape index (κ2) is 4.49. The molecule has 0 bridgehead atoms. The van der Waals surface area contributed by atoms with E-state index in [1.54, 1.807) is 10.8 Å². The lowest BCUT2D eigenvalue weighted by Gasteiger charge is -2.22. The van der Waals surface area contributed by atoms with Gasteiger partial charge in [-0.2, -0.15) is 9.61 Å². The average Bonchev–Trinajstić information content (AvgIpc) is 2.72. The Bertz CT molecular complexity index is 480. The van der Waals surface area contributed by atoms with Crippen molar-refractivity contribution in [3.8, 4) is 0 Å². The number of pyridine rings is 1. The summed E-state index contributed by atoms with van der Waals surface area (Å²) in [6.45, 7) is 5.66. The van der Waals surface area contributed by atoms with Crippen molar-refractivity contribution >= 4 is 11.5 Å². The zero-order valence-electron chi connectivity index (χ0n) is 9.59. The molecule has 0 aliphatic heterocycles. The van der Waals surface area contributed by atoms with Crippen LogP contribution >= 0.6 is 0 Å². The molecular formula is C11H16N4O. The van der Waals surface area contributed by atoms with Crippen LogP contribution in [0.1, 0.15) is 12.5 Å². The molecule has 0 unspecified atom stereocenters. The van der Waals surface area contributed by atoms with Crippen LogP contribution in [0.5, 0.6) is 0 Å². The number of aromatic nitrogens is 3. The standard InChI is InChI=1S/C11H16N4O/c1-3-14(4-5-16)11-7-9(2)6-10-12-8-13-15(10)11/h6-8,16H,3-5H2,1-2H3. The van der Waals surface area contributed by atoms with E-state index in [-0.39, 0.29) is 6.61 Å². The van der Waals surface area contributed by atoms with Gasteiger partial charge in [-0.15, -0.1) is 0 Å². The third kappa shape index (κ3) is 1.86. The molecule has 0 saturated carbocycles. The lowest BCUT2D eigenvalue weighted by atomic mass is 10.2. The van der Waals surface area contributed by atoms with Gasteiger partial charge in [0, 0.05) is 13.1 Å². The topological polar surface area (TPSA) is 53.7 Å². The molecular weight excluding hydrogens is 204 g/mol. The predicted molar refractivity (Wildman–Crippen MR) is 62.7 cm³/mol. The van der Waals surface area contributed by atoms with Crippen LogP contribution in [0.4, 0.5) is 5.82 Å².